The number of carbonyl (C=O) groups excluding carboxylic acids is 1. The van der Waals surface area contributed by atoms with Crippen molar-refractivity contribution in [3.8, 4) is 0 Å². The highest BCUT2D eigenvalue weighted by atomic mass is 16.6. The molecule has 2 bridgehead atoms. The molecule has 132 valence electrons. The van der Waals surface area contributed by atoms with Crippen LogP contribution in [-0.2, 0) is 14.3 Å². The summed E-state index contributed by atoms with van der Waals surface area (Å²) in [4.78, 5) is 11.1. The number of aliphatic hydroxyl groups is 3. The average Bonchev–Trinajstić information content (AvgIpc) is 2.48. The van der Waals surface area contributed by atoms with Gasteiger partial charge in [0.05, 0.1) is 13.2 Å². The Labute approximate surface area is 136 Å². The first-order valence-electron chi connectivity index (χ1n) is 8.45. The van der Waals surface area contributed by atoms with E-state index in [9.17, 15) is 20.1 Å². The van der Waals surface area contributed by atoms with Gasteiger partial charge in [0.25, 0.3) is 0 Å². The van der Waals surface area contributed by atoms with Gasteiger partial charge >= 0.3 is 0 Å². The molecule has 0 aromatic carbocycles. The fourth-order valence-corrected chi connectivity index (χ4v) is 4.40. The number of amides is 1. The Morgan fingerprint density at radius 2 is 2.04 bits per heavy atom. The minimum Gasteiger partial charge on any atom is -0.388 e. The van der Waals surface area contributed by atoms with Crippen LogP contribution in [0.2, 0.25) is 0 Å². The second-order valence-electron chi connectivity index (χ2n) is 7.45. The van der Waals surface area contributed by atoms with Crippen LogP contribution in [0.5, 0.6) is 0 Å². The van der Waals surface area contributed by atoms with E-state index in [-0.39, 0.29) is 6.61 Å². The minimum absolute atomic E-state index is 0.120. The second-order valence-corrected chi connectivity index (χ2v) is 7.45. The van der Waals surface area contributed by atoms with Crippen LogP contribution in [-0.4, -0.2) is 65.1 Å². The van der Waals surface area contributed by atoms with E-state index in [0.29, 0.717) is 12.0 Å². The lowest BCUT2D eigenvalue weighted by Gasteiger charge is -2.52. The molecule has 7 heteroatoms. The summed E-state index contributed by atoms with van der Waals surface area (Å²) >= 11 is 0. The van der Waals surface area contributed by atoms with Crippen LogP contribution >= 0.6 is 0 Å². The normalized spacial score (nSPS) is 46.1. The van der Waals surface area contributed by atoms with Crippen molar-refractivity contribution < 1.29 is 29.6 Å². The number of hydrogen-bond acceptors (Lipinski definition) is 6. The van der Waals surface area contributed by atoms with Crippen molar-refractivity contribution in [2.24, 2.45) is 11.3 Å². The molecule has 1 amide bonds. The molecule has 1 saturated heterocycles. The third-order valence-corrected chi connectivity index (χ3v) is 5.54. The van der Waals surface area contributed by atoms with Gasteiger partial charge in [-0.2, -0.15) is 0 Å². The van der Waals surface area contributed by atoms with E-state index < -0.39 is 36.6 Å². The lowest BCUT2D eigenvalue weighted by molar-refractivity contribution is -0.259. The molecule has 0 aromatic heterocycles. The third kappa shape index (κ3) is 3.53. The highest BCUT2D eigenvalue weighted by molar-refractivity contribution is 5.73. The van der Waals surface area contributed by atoms with Crippen molar-refractivity contribution in [1.82, 2.24) is 5.32 Å². The van der Waals surface area contributed by atoms with Crippen LogP contribution in [0.4, 0.5) is 0 Å². The van der Waals surface area contributed by atoms with Crippen molar-refractivity contribution in [1.29, 1.82) is 0 Å². The first kappa shape index (κ1) is 17.1. The summed E-state index contributed by atoms with van der Waals surface area (Å²) in [6, 6.07) is -1.04. The maximum atomic E-state index is 11.1. The standard InChI is InChI=1S/C16H27NO6/c1-9(18)17-12-14(20)13(19)11(23-15(12)21)7-22-8-16-4-2-3-10(5-16)6-16/h10-15,19-21H,2-8H2,1H3,(H,17,18). The largest absolute Gasteiger partial charge is 0.388 e. The quantitative estimate of drug-likeness (QED) is 0.543. The molecule has 5 atom stereocenters. The molecule has 0 radical (unpaired) electrons. The van der Waals surface area contributed by atoms with E-state index in [1.165, 1.54) is 39.0 Å². The minimum atomic E-state index is -1.37. The molecular formula is C16H27NO6. The third-order valence-electron chi connectivity index (χ3n) is 5.54. The fourth-order valence-electron chi connectivity index (χ4n) is 4.40. The average molecular weight is 329 g/mol. The first-order valence-corrected chi connectivity index (χ1v) is 8.45. The van der Waals surface area contributed by atoms with Gasteiger partial charge < -0.3 is 30.1 Å². The molecule has 1 heterocycles. The van der Waals surface area contributed by atoms with Crippen LogP contribution < -0.4 is 5.32 Å². The molecule has 0 spiro atoms. The van der Waals surface area contributed by atoms with E-state index in [4.69, 9.17) is 9.47 Å². The van der Waals surface area contributed by atoms with Crippen LogP contribution in [0, 0.1) is 11.3 Å². The summed E-state index contributed by atoms with van der Waals surface area (Å²) in [7, 11) is 0. The van der Waals surface area contributed by atoms with E-state index >= 15 is 0 Å². The summed E-state index contributed by atoms with van der Waals surface area (Å²) < 4.78 is 11.1. The van der Waals surface area contributed by atoms with Gasteiger partial charge in [0.2, 0.25) is 5.91 Å². The maximum Gasteiger partial charge on any atom is 0.217 e. The van der Waals surface area contributed by atoms with Gasteiger partial charge in [-0.3, -0.25) is 4.79 Å². The Morgan fingerprint density at radius 3 is 2.65 bits per heavy atom. The number of nitrogens with one attached hydrogen (secondary N) is 1. The van der Waals surface area contributed by atoms with Crippen molar-refractivity contribution in [2.45, 2.75) is 69.7 Å². The monoisotopic (exact) mass is 329 g/mol. The zero-order valence-electron chi connectivity index (χ0n) is 13.5. The SMILES string of the molecule is CC(=O)NC1C(O)OC(COCC23CCCC(C2)C3)C(O)C1O. The van der Waals surface area contributed by atoms with Gasteiger partial charge in [-0.15, -0.1) is 0 Å². The number of carbonyl (C=O) groups is 1. The predicted octanol–water partition coefficient (Wildman–Crippen LogP) is -0.473. The van der Waals surface area contributed by atoms with Gasteiger partial charge in [-0.05, 0) is 30.6 Å². The number of fused-ring (bicyclic) bond motifs is 2. The van der Waals surface area contributed by atoms with E-state index in [1.54, 1.807) is 0 Å². The zero-order chi connectivity index (χ0) is 16.6. The molecule has 23 heavy (non-hydrogen) atoms. The Bertz CT molecular complexity index is 433. The Hall–Kier alpha value is -0.730. The van der Waals surface area contributed by atoms with Gasteiger partial charge in [0.15, 0.2) is 6.29 Å². The Morgan fingerprint density at radius 1 is 1.30 bits per heavy atom. The van der Waals surface area contributed by atoms with Crippen LogP contribution in [0.1, 0.15) is 39.0 Å². The number of rotatable bonds is 5. The second kappa shape index (κ2) is 6.64. The summed E-state index contributed by atoms with van der Waals surface area (Å²) in [5, 5.41) is 32.5. The molecule has 4 aliphatic rings. The van der Waals surface area contributed by atoms with E-state index in [1.807, 2.05) is 0 Å². The Kier molecular flexibility index (Phi) is 4.94. The highest BCUT2D eigenvalue weighted by Crippen LogP contribution is 2.55. The Balaban J connectivity index is 1.48. The lowest BCUT2D eigenvalue weighted by atomic mass is 9.54. The summed E-state index contributed by atoms with van der Waals surface area (Å²) in [5.74, 6) is 0.445. The van der Waals surface area contributed by atoms with Crippen molar-refractivity contribution >= 4 is 5.91 Å². The topological polar surface area (TPSA) is 108 Å². The van der Waals surface area contributed by atoms with Crippen LogP contribution in [0.15, 0.2) is 0 Å². The first-order chi connectivity index (χ1) is 10.9. The molecule has 0 aromatic rings. The number of hydrogen-bond donors (Lipinski definition) is 4. The summed E-state index contributed by atoms with van der Waals surface area (Å²) in [6.07, 6.45) is 1.53. The number of ether oxygens (including phenoxy) is 2. The molecule has 4 rings (SSSR count). The molecule has 4 N–H and O–H groups in total. The van der Waals surface area contributed by atoms with E-state index in [2.05, 4.69) is 5.32 Å². The van der Waals surface area contributed by atoms with Gasteiger partial charge in [0.1, 0.15) is 24.4 Å². The molecule has 1 aliphatic heterocycles. The molecule has 5 unspecified atom stereocenters. The summed E-state index contributed by atoms with van der Waals surface area (Å²) in [6.45, 7) is 2.03. The smallest absolute Gasteiger partial charge is 0.217 e. The zero-order valence-corrected chi connectivity index (χ0v) is 13.5. The predicted molar refractivity (Wildman–Crippen MR) is 80.3 cm³/mol. The van der Waals surface area contributed by atoms with Crippen molar-refractivity contribution in [3.05, 3.63) is 0 Å². The molecule has 3 aliphatic carbocycles. The van der Waals surface area contributed by atoms with Crippen molar-refractivity contribution in [3.63, 3.8) is 0 Å². The van der Waals surface area contributed by atoms with Crippen molar-refractivity contribution in [2.75, 3.05) is 13.2 Å². The lowest BCUT2D eigenvalue weighted by Crippen LogP contribution is -2.64. The fraction of sp³-hybridized carbons (Fsp3) is 0.938. The molecular weight excluding hydrogens is 302 g/mol. The van der Waals surface area contributed by atoms with Gasteiger partial charge in [0, 0.05) is 6.92 Å². The number of aliphatic hydroxyl groups excluding tert-OH is 3. The molecule has 7 nitrogen and oxygen atoms in total. The molecule has 3 saturated carbocycles. The molecule has 4 fully saturated rings. The summed E-state index contributed by atoms with van der Waals surface area (Å²) in [5.41, 5.74) is 0.290. The van der Waals surface area contributed by atoms with E-state index in [0.717, 1.165) is 5.92 Å². The maximum absolute atomic E-state index is 11.1. The van der Waals surface area contributed by atoms with Gasteiger partial charge in [-0.1, -0.05) is 12.8 Å². The van der Waals surface area contributed by atoms with Crippen LogP contribution in [0.3, 0.4) is 0 Å². The van der Waals surface area contributed by atoms with Gasteiger partial charge in [-0.25, -0.2) is 0 Å². The van der Waals surface area contributed by atoms with Crippen LogP contribution in [0.25, 0.3) is 0 Å². The highest BCUT2D eigenvalue weighted by Gasteiger charge is 2.48.